The van der Waals surface area contributed by atoms with E-state index in [0.717, 1.165) is 0 Å². The molecule has 0 aromatic heterocycles. The maximum atomic E-state index is 11.4. The van der Waals surface area contributed by atoms with Crippen molar-refractivity contribution in [3.8, 4) is 0 Å². The first-order valence-electron chi connectivity index (χ1n) is 9.40. The van der Waals surface area contributed by atoms with Crippen molar-refractivity contribution in [1.29, 1.82) is 0 Å². The van der Waals surface area contributed by atoms with Gasteiger partial charge in [0.1, 0.15) is 13.2 Å². The van der Waals surface area contributed by atoms with Crippen LogP contribution in [0.5, 0.6) is 0 Å². The summed E-state index contributed by atoms with van der Waals surface area (Å²) in [4.78, 5) is 22.8. The SMILES string of the molecule is C=C(C)C(=O)OCCO[Si](C)(C)O[Si](C)(C)O[Si](C)(C)OCCOC(=O)C(=C)C. The lowest BCUT2D eigenvalue weighted by Crippen LogP contribution is -2.54. The zero-order chi connectivity index (χ0) is 22.9. The zero-order valence-electron chi connectivity index (χ0n) is 19.0. The van der Waals surface area contributed by atoms with E-state index in [4.69, 9.17) is 26.6 Å². The van der Waals surface area contributed by atoms with Crippen molar-refractivity contribution in [2.24, 2.45) is 0 Å². The van der Waals surface area contributed by atoms with E-state index in [2.05, 4.69) is 13.2 Å². The lowest BCUT2D eigenvalue weighted by Gasteiger charge is -2.37. The molecule has 0 unspecified atom stereocenters. The van der Waals surface area contributed by atoms with Gasteiger partial charge >= 0.3 is 37.6 Å². The van der Waals surface area contributed by atoms with Gasteiger partial charge in [-0.1, -0.05) is 13.2 Å². The van der Waals surface area contributed by atoms with Crippen LogP contribution in [0.1, 0.15) is 13.8 Å². The molecule has 0 fully saturated rings. The number of hydrogen-bond donors (Lipinski definition) is 0. The molecule has 0 aliphatic rings. The molecule has 0 heterocycles. The van der Waals surface area contributed by atoms with Crippen LogP contribution in [0.25, 0.3) is 0 Å². The molecule has 0 N–H and O–H groups in total. The molecule has 0 saturated carbocycles. The summed E-state index contributed by atoms with van der Waals surface area (Å²) < 4.78 is 34.2. The minimum absolute atomic E-state index is 0.139. The van der Waals surface area contributed by atoms with Crippen molar-refractivity contribution in [3.05, 3.63) is 24.3 Å². The molecule has 0 spiro atoms. The van der Waals surface area contributed by atoms with Gasteiger partial charge in [0.05, 0.1) is 13.2 Å². The van der Waals surface area contributed by atoms with Crippen molar-refractivity contribution in [2.75, 3.05) is 26.4 Å². The Bertz CT molecular complexity index is 552. The minimum atomic E-state index is -2.54. The molecule has 0 amide bonds. The average Bonchev–Trinajstić information content (AvgIpc) is 2.52. The van der Waals surface area contributed by atoms with Crippen LogP contribution in [-0.2, 0) is 36.1 Å². The van der Waals surface area contributed by atoms with Gasteiger partial charge in [-0.3, -0.25) is 0 Å². The molecule has 11 heteroatoms. The number of rotatable bonds is 14. The zero-order valence-corrected chi connectivity index (χ0v) is 22.0. The summed E-state index contributed by atoms with van der Waals surface area (Å²) in [6.07, 6.45) is 0. The summed E-state index contributed by atoms with van der Waals surface area (Å²) >= 11 is 0. The molecule has 0 radical (unpaired) electrons. The fourth-order valence-electron chi connectivity index (χ4n) is 2.35. The highest BCUT2D eigenvalue weighted by Crippen LogP contribution is 2.21. The summed E-state index contributed by atoms with van der Waals surface area (Å²) in [6, 6.07) is 0. The molecule has 0 bridgehead atoms. The lowest BCUT2D eigenvalue weighted by molar-refractivity contribution is -0.140. The van der Waals surface area contributed by atoms with Crippen LogP contribution in [0, 0.1) is 0 Å². The van der Waals surface area contributed by atoms with Crippen molar-refractivity contribution in [1.82, 2.24) is 0 Å². The predicted octanol–water partition coefficient (Wildman–Crippen LogP) is 3.40. The number of hydrogen-bond acceptors (Lipinski definition) is 8. The molecular weight excluding hydrogens is 428 g/mol. The van der Waals surface area contributed by atoms with Crippen LogP contribution in [-0.4, -0.2) is 64.0 Å². The molecular formula is C18H36O8Si3. The molecule has 0 aliphatic carbocycles. The molecule has 0 rings (SSSR count). The Balaban J connectivity index is 4.43. The predicted molar refractivity (Wildman–Crippen MR) is 118 cm³/mol. The van der Waals surface area contributed by atoms with Crippen LogP contribution in [0.2, 0.25) is 39.3 Å². The van der Waals surface area contributed by atoms with Gasteiger partial charge < -0.3 is 26.6 Å². The summed E-state index contributed by atoms with van der Waals surface area (Å²) in [5, 5.41) is 0. The first kappa shape index (κ1) is 27.9. The number of carbonyl (C=O) groups excluding carboxylic acids is 2. The largest absolute Gasteiger partial charge is 0.460 e. The molecule has 0 saturated heterocycles. The highest BCUT2D eigenvalue weighted by Gasteiger charge is 2.41. The van der Waals surface area contributed by atoms with Gasteiger partial charge in [0, 0.05) is 11.1 Å². The summed E-state index contributed by atoms with van der Waals surface area (Å²) in [5.41, 5.74) is 0.697. The minimum Gasteiger partial charge on any atom is -0.460 e. The van der Waals surface area contributed by atoms with Gasteiger partial charge in [0.2, 0.25) is 0 Å². The molecule has 0 atom stereocenters. The molecule has 0 aliphatic heterocycles. The maximum Gasteiger partial charge on any atom is 0.333 e. The van der Waals surface area contributed by atoms with Crippen LogP contribution in [0.15, 0.2) is 24.3 Å². The first-order valence-corrected chi connectivity index (χ1v) is 17.9. The van der Waals surface area contributed by atoms with E-state index in [1.807, 2.05) is 39.3 Å². The number of esters is 2. The lowest BCUT2D eigenvalue weighted by atomic mass is 10.4. The van der Waals surface area contributed by atoms with E-state index in [0.29, 0.717) is 11.1 Å². The van der Waals surface area contributed by atoms with Crippen LogP contribution in [0.4, 0.5) is 0 Å². The van der Waals surface area contributed by atoms with Crippen molar-refractivity contribution in [3.63, 3.8) is 0 Å². The molecule has 0 aromatic carbocycles. The van der Waals surface area contributed by atoms with Gasteiger partial charge in [-0.05, 0) is 53.1 Å². The number of carbonyl (C=O) groups is 2. The smallest absolute Gasteiger partial charge is 0.333 e. The summed E-state index contributed by atoms with van der Waals surface area (Å²) in [5.74, 6) is -0.878. The van der Waals surface area contributed by atoms with E-state index < -0.39 is 37.6 Å². The van der Waals surface area contributed by atoms with Gasteiger partial charge in [0.15, 0.2) is 0 Å². The Morgan fingerprint density at radius 2 is 0.931 bits per heavy atom. The third-order valence-electron chi connectivity index (χ3n) is 3.21. The van der Waals surface area contributed by atoms with Gasteiger partial charge in [-0.2, -0.15) is 0 Å². The maximum absolute atomic E-state index is 11.4. The third-order valence-corrected chi connectivity index (χ3v) is 12.9. The first-order chi connectivity index (χ1) is 13.1. The van der Waals surface area contributed by atoms with Crippen LogP contribution < -0.4 is 0 Å². The monoisotopic (exact) mass is 464 g/mol. The van der Waals surface area contributed by atoms with E-state index in [1.165, 1.54) is 0 Å². The second-order valence-corrected chi connectivity index (χ2v) is 18.5. The summed E-state index contributed by atoms with van der Waals surface area (Å²) in [7, 11) is -7.53. The van der Waals surface area contributed by atoms with Gasteiger partial charge in [-0.25, -0.2) is 9.59 Å². The normalized spacial score (nSPS) is 12.4. The second kappa shape index (κ2) is 11.9. The summed E-state index contributed by atoms with van der Waals surface area (Å²) in [6.45, 7) is 22.5. The Labute approximate surface area is 177 Å². The van der Waals surface area contributed by atoms with E-state index in [1.54, 1.807) is 13.8 Å². The fourth-order valence-corrected chi connectivity index (χ4v) is 14.0. The average molecular weight is 465 g/mol. The topological polar surface area (TPSA) is 89.5 Å². The van der Waals surface area contributed by atoms with Crippen molar-refractivity contribution < 1.29 is 36.1 Å². The Morgan fingerprint density at radius 3 is 1.21 bits per heavy atom. The van der Waals surface area contributed by atoms with E-state index in [-0.39, 0.29) is 26.4 Å². The van der Waals surface area contributed by atoms with Crippen molar-refractivity contribution >= 4 is 37.6 Å². The highest BCUT2D eigenvalue weighted by molar-refractivity contribution is 6.84. The molecule has 168 valence electrons. The highest BCUT2D eigenvalue weighted by atomic mass is 28.5. The van der Waals surface area contributed by atoms with E-state index in [9.17, 15) is 9.59 Å². The van der Waals surface area contributed by atoms with Crippen LogP contribution >= 0.6 is 0 Å². The van der Waals surface area contributed by atoms with Crippen LogP contribution in [0.3, 0.4) is 0 Å². The second-order valence-electron chi connectivity index (χ2n) is 7.93. The number of ether oxygens (including phenoxy) is 2. The molecule has 0 aromatic rings. The Morgan fingerprint density at radius 1 is 0.621 bits per heavy atom. The quantitative estimate of drug-likeness (QED) is 0.167. The van der Waals surface area contributed by atoms with Crippen molar-refractivity contribution in [2.45, 2.75) is 53.1 Å². The third kappa shape index (κ3) is 13.7. The van der Waals surface area contributed by atoms with Gasteiger partial charge in [0.25, 0.3) is 0 Å². The standard InChI is InChI=1S/C18H36O8Si3/c1-15(2)17(19)21-11-13-23-27(5,6)25-29(9,10)26-28(7,8)24-14-12-22-18(20)16(3)4/h1,3,11-14H2,2,4-10H3. The Hall–Kier alpha value is -1.09. The Kier molecular flexibility index (Phi) is 11.5. The van der Waals surface area contributed by atoms with Gasteiger partial charge in [-0.15, -0.1) is 0 Å². The fraction of sp³-hybridized carbons (Fsp3) is 0.667. The molecule has 8 nitrogen and oxygen atoms in total. The van der Waals surface area contributed by atoms with E-state index >= 15 is 0 Å². The molecule has 29 heavy (non-hydrogen) atoms.